The van der Waals surface area contributed by atoms with Crippen molar-refractivity contribution >= 4 is 33.7 Å². The molecule has 6 nitrogen and oxygen atoms in total. The first kappa shape index (κ1) is 12.1. The number of imide groups is 1. The first-order chi connectivity index (χ1) is 10.1. The molecule has 21 heavy (non-hydrogen) atoms. The van der Waals surface area contributed by atoms with E-state index in [0.717, 1.165) is 21.9 Å². The highest BCUT2D eigenvalue weighted by molar-refractivity contribution is 6.04. The first-order valence-electron chi connectivity index (χ1n) is 6.80. The van der Waals surface area contributed by atoms with Crippen LogP contribution in [0.3, 0.4) is 0 Å². The van der Waals surface area contributed by atoms with Gasteiger partial charge in [0.25, 0.3) is 0 Å². The second-order valence-corrected chi connectivity index (χ2v) is 5.40. The van der Waals surface area contributed by atoms with Crippen molar-refractivity contribution in [3.05, 3.63) is 30.2 Å². The summed E-state index contributed by atoms with van der Waals surface area (Å²) in [5.74, 6) is -0.794. The van der Waals surface area contributed by atoms with E-state index >= 15 is 0 Å². The molecule has 0 radical (unpaired) electrons. The Morgan fingerprint density at radius 1 is 1.38 bits per heavy atom. The number of hydrogen-bond acceptors (Lipinski definition) is 4. The van der Waals surface area contributed by atoms with Crippen LogP contribution in [0.1, 0.15) is 24.3 Å². The van der Waals surface area contributed by atoms with Crippen molar-refractivity contribution in [3.8, 4) is 0 Å². The molecule has 0 aliphatic carbocycles. The van der Waals surface area contributed by atoms with Gasteiger partial charge in [-0.2, -0.15) is 5.10 Å². The molecule has 0 bridgehead atoms. The lowest BCUT2D eigenvalue weighted by Crippen LogP contribution is -2.39. The van der Waals surface area contributed by atoms with Gasteiger partial charge in [-0.3, -0.25) is 19.6 Å². The molecule has 1 N–H and O–H groups in total. The van der Waals surface area contributed by atoms with Gasteiger partial charge in [0, 0.05) is 42.1 Å². The highest BCUT2D eigenvalue weighted by atomic mass is 16.3. The number of piperidine rings is 1. The standard InChI is InChI=1S/C15H13N3O3/c1-18-6-8-4-10-11(7-21-13(10)5-12(8)17-18)9-2-3-14(19)16-15(9)20/h4-7,9H,2-3H2,1H3,(H,16,19,20)/t9-/m0/s1. The predicted molar refractivity (Wildman–Crippen MR) is 75.6 cm³/mol. The number of amides is 2. The summed E-state index contributed by atoms with van der Waals surface area (Å²) in [5.41, 5.74) is 2.40. The molecule has 6 heteroatoms. The predicted octanol–water partition coefficient (Wildman–Crippen LogP) is 1.84. The van der Waals surface area contributed by atoms with E-state index in [2.05, 4.69) is 10.4 Å². The van der Waals surface area contributed by atoms with E-state index in [-0.39, 0.29) is 17.7 Å². The topological polar surface area (TPSA) is 77.1 Å². The minimum absolute atomic E-state index is 0.210. The fourth-order valence-electron chi connectivity index (χ4n) is 2.95. The Balaban J connectivity index is 1.87. The van der Waals surface area contributed by atoms with Gasteiger partial charge in [0.1, 0.15) is 5.58 Å². The number of fused-ring (bicyclic) bond motifs is 2. The molecule has 0 spiro atoms. The Labute approximate surface area is 119 Å². The summed E-state index contributed by atoms with van der Waals surface area (Å²) < 4.78 is 7.33. The van der Waals surface area contributed by atoms with E-state index in [1.165, 1.54) is 0 Å². The molecule has 1 aromatic carbocycles. The molecule has 1 atom stereocenters. The fraction of sp³-hybridized carbons (Fsp3) is 0.267. The third kappa shape index (κ3) is 1.83. The zero-order valence-corrected chi connectivity index (χ0v) is 11.4. The Hall–Kier alpha value is -2.63. The molecule has 3 aromatic rings. The van der Waals surface area contributed by atoms with Gasteiger partial charge in [0.2, 0.25) is 11.8 Å². The highest BCUT2D eigenvalue weighted by Gasteiger charge is 2.30. The van der Waals surface area contributed by atoms with Crippen LogP contribution in [0.4, 0.5) is 0 Å². The first-order valence-corrected chi connectivity index (χ1v) is 6.80. The van der Waals surface area contributed by atoms with Crippen LogP contribution in [0.2, 0.25) is 0 Å². The van der Waals surface area contributed by atoms with Crippen LogP contribution in [0, 0.1) is 0 Å². The summed E-state index contributed by atoms with van der Waals surface area (Å²) in [6.07, 6.45) is 4.42. The van der Waals surface area contributed by atoms with Crippen LogP contribution in [0.15, 0.2) is 29.0 Å². The van der Waals surface area contributed by atoms with E-state index in [9.17, 15) is 9.59 Å². The number of carbonyl (C=O) groups excluding carboxylic acids is 2. The monoisotopic (exact) mass is 283 g/mol. The number of furan rings is 1. The van der Waals surface area contributed by atoms with Gasteiger partial charge < -0.3 is 4.42 Å². The van der Waals surface area contributed by atoms with Crippen molar-refractivity contribution in [1.82, 2.24) is 15.1 Å². The Kier molecular flexibility index (Phi) is 2.42. The highest BCUT2D eigenvalue weighted by Crippen LogP contribution is 2.34. The van der Waals surface area contributed by atoms with Gasteiger partial charge in [-0.15, -0.1) is 0 Å². The van der Waals surface area contributed by atoms with Crippen LogP contribution in [-0.4, -0.2) is 21.6 Å². The average molecular weight is 283 g/mol. The number of benzene rings is 1. The molecule has 2 aromatic heterocycles. The maximum absolute atomic E-state index is 12.0. The van der Waals surface area contributed by atoms with E-state index < -0.39 is 0 Å². The van der Waals surface area contributed by atoms with Crippen LogP contribution in [-0.2, 0) is 16.6 Å². The molecular weight excluding hydrogens is 270 g/mol. The van der Waals surface area contributed by atoms with Gasteiger partial charge in [-0.25, -0.2) is 0 Å². The van der Waals surface area contributed by atoms with Crippen molar-refractivity contribution in [2.75, 3.05) is 0 Å². The normalized spacial score (nSPS) is 19.4. The fourth-order valence-corrected chi connectivity index (χ4v) is 2.95. The van der Waals surface area contributed by atoms with Gasteiger partial charge in [0.15, 0.2) is 0 Å². The van der Waals surface area contributed by atoms with Gasteiger partial charge >= 0.3 is 0 Å². The molecule has 3 heterocycles. The molecule has 106 valence electrons. The van der Waals surface area contributed by atoms with E-state index in [1.807, 2.05) is 25.4 Å². The lowest BCUT2D eigenvalue weighted by Gasteiger charge is -2.19. The van der Waals surface area contributed by atoms with Crippen molar-refractivity contribution in [2.24, 2.45) is 7.05 Å². The van der Waals surface area contributed by atoms with Gasteiger partial charge in [-0.05, 0) is 12.5 Å². The molecular formula is C15H13N3O3. The molecule has 1 fully saturated rings. The summed E-state index contributed by atoms with van der Waals surface area (Å²) in [4.78, 5) is 23.3. The zero-order chi connectivity index (χ0) is 14.6. The van der Waals surface area contributed by atoms with Crippen LogP contribution >= 0.6 is 0 Å². The van der Waals surface area contributed by atoms with Crippen LogP contribution in [0.25, 0.3) is 21.9 Å². The molecule has 4 rings (SSSR count). The maximum Gasteiger partial charge on any atom is 0.234 e. The molecule has 0 unspecified atom stereocenters. The van der Waals surface area contributed by atoms with E-state index in [0.29, 0.717) is 18.4 Å². The summed E-state index contributed by atoms with van der Waals surface area (Å²) in [5, 5.41) is 8.64. The lowest BCUT2D eigenvalue weighted by molar-refractivity contribution is -0.134. The van der Waals surface area contributed by atoms with Crippen molar-refractivity contribution in [2.45, 2.75) is 18.8 Å². The van der Waals surface area contributed by atoms with Crippen LogP contribution in [0.5, 0.6) is 0 Å². The summed E-state index contributed by atoms with van der Waals surface area (Å²) in [6, 6.07) is 3.86. The van der Waals surface area contributed by atoms with Gasteiger partial charge in [0.05, 0.1) is 17.7 Å². The quantitative estimate of drug-likeness (QED) is 0.691. The third-order valence-electron chi connectivity index (χ3n) is 3.96. The second kappa shape index (κ2) is 4.18. The number of nitrogens with one attached hydrogen (secondary N) is 1. The van der Waals surface area contributed by atoms with Crippen molar-refractivity contribution in [1.29, 1.82) is 0 Å². The molecule has 1 aliphatic heterocycles. The Morgan fingerprint density at radius 2 is 2.24 bits per heavy atom. The van der Waals surface area contributed by atoms with Crippen molar-refractivity contribution < 1.29 is 14.0 Å². The molecule has 2 amide bonds. The third-order valence-corrected chi connectivity index (χ3v) is 3.96. The number of aryl methyl sites for hydroxylation is 1. The molecule has 1 aliphatic rings. The smallest absolute Gasteiger partial charge is 0.234 e. The van der Waals surface area contributed by atoms with Crippen molar-refractivity contribution in [3.63, 3.8) is 0 Å². The Morgan fingerprint density at radius 3 is 3.05 bits per heavy atom. The summed E-state index contributed by atoms with van der Waals surface area (Å²) in [6.45, 7) is 0. The number of aromatic nitrogens is 2. The van der Waals surface area contributed by atoms with E-state index in [1.54, 1.807) is 10.9 Å². The zero-order valence-electron chi connectivity index (χ0n) is 11.4. The van der Waals surface area contributed by atoms with E-state index in [4.69, 9.17) is 4.42 Å². The minimum Gasteiger partial charge on any atom is -0.464 e. The lowest BCUT2D eigenvalue weighted by atomic mass is 9.90. The molecule has 0 saturated carbocycles. The maximum atomic E-state index is 12.0. The Bertz CT molecular complexity index is 890. The molecule has 1 saturated heterocycles. The summed E-state index contributed by atoms with van der Waals surface area (Å²) >= 11 is 0. The average Bonchev–Trinajstić information content (AvgIpc) is 2.98. The number of rotatable bonds is 1. The number of nitrogens with zero attached hydrogens (tertiary/aromatic N) is 2. The largest absolute Gasteiger partial charge is 0.464 e. The van der Waals surface area contributed by atoms with Crippen LogP contribution < -0.4 is 5.32 Å². The van der Waals surface area contributed by atoms with Gasteiger partial charge in [-0.1, -0.05) is 0 Å². The number of carbonyl (C=O) groups is 2. The SMILES string of the molecule is Cn1cc2cc3c([C@@H]4CCC(=O)NC4=O)coc3cc2n1. The number of hydrogen-bond donors (Lipinski definition) is 1. The second-order valence-electron chi connectivity index (χ2n) is 5.40. The minimum atomic E-state index is -0.335. The summed E-state index contributed by atoms with van der Waals surface area (Å²) in [7, 11) is 1.86.